The highest BCUT2D eigenvalue weighted by atomic mass is 16.4. The van der Waals surface area contributed by atoms with Gasteiger partial charge in [0.2, 0.25) is 0 Å². The van der Waals surface area contributed by atoms with Gasteiger partial charge in [0.1, 0.15) is 0 Å². The highest BCUT2D eigenvalue weighted by molar-refractivity contribution is 5.89. The van der Waals surface area contributed by atoms with Crippen molar-refractivity contribution in [1.29, 1.82) is 0 Å². The first-order chi connectivity index (χ1) is 9.15. The van der Waals surface area contributed by atoms with Crippen LogP contribution in [0.4, 0.5) is 5.69 Å². The second-order valence-electron chi connectivity index (χ2n) is 6.49. The zero-order valence-corrected chi connectivity index (χ0v) is 11.1. The molecular weight excluding hydrogens is 238 g/mol. The van der Waals surface area contributed by atoms with Crippen LogP contribution in [0.2, 0.25) is 0 Å². The Hall–Kier alpha value is -1.51. The van der Waals surface area contributed by atoms with Crippen LogP contribution in [0.1, 0.15) is 35.2 Å². The van der Waals surface area contributed by atoms with Gasteiger partial charge in [0, 0.05) is 11.7 Å². The van der Waals surface area contributed by atoms with Gasteiger partial charge in [-0.15, -0.1) is 0 Å². The van der Waals surface area contributed by atoms with E-state index in [1.165, 1.54) is 19.3 Å². The van der Waals surface area contributed by atoms with Crippen LogP contribution in [0.15, 0.2) is 18.2 Å². The first-order valence-corrected chi connectivity index (χ1v) is 7.25. The quantitative estimate of drug-likeness (QED) is 0.874. The van der Waals surface area contributed by atoms with Crippen LogP contribution in [0.25, 0.3) is 0 Å². The molecule has 3 aliphatic rings. The molecule has 3 fully saturated rings. The fourth-order valence-corrected chi connectivity index (χ4v) is 4.70. The molecule has 0 spiro atoms. The predicted octanol–water partition coefficient (Wildman–Crippen LogP) is 3.15. The number of fused-ring (bicyclic) bond motifs is 5. The molecular formula is C16H19NO2. The zero-order valence-electron chi connectivity index (χ0n) is 11.1. The molecule has 1 aromatic rings. The largest absolute Gasteiger partial charge is 0.478 e. The molecule has 4 atom stereocenters. The van der Waals surface area contributed by atoms with Crippen LogP contribution in [0.5, 0.6) is 0 Å². The Labute approximate surface area is 113 Å². The average Bonchev–Trinajstić information content (AvgIpc) is 2.78. The first kappa shape index (κ1) is 11.3. The van der Waals surface area contributed by atoms with Gasteiger partial charge in [-0.05, 0) is 73.6 Å². The maximum absolute atomic E-state index is 11.0. The normalized spacial score (nSPS) is 38.1. The number of rotatable bonds is 3. The lowest BCUT2D eigenvalue weighted by atomic mass is 10.0. The van der Waals surface area contributed by atoms with Crippen LogP contribution >= 0.6 is 0 Å². The molecule has 0 radical (unpaired) electrons. The number of carboxylic acids is 1. The molecule has 2 bridgehead atoms. The Kier molecular flexibility index (Phi) is 2.23. The summed E-state index contributed by atoms with van der Waals surface area (Å²) in [4.78, 5) is 11.0. The summed E-state index contributed by atoms with van der Waals surface area (Å²) >= 11 is 0. The minimum Gasteiger partial charge on any atom is -0.478 e. The first-order valence-electron chi connectivity index (χ1n) is 7.25. The van der Waals surface area contributed by atoms with Gasteiger partial charge in [0.25, 0.3) is 0 Å². The topological polar surface area (TPSA) is 49.3 Å². The molecule has 0 saturated heterocycles. The van der Waals surface area contributed by atoms with E-state index in [4.69, 9.17) is 5.11 Å². The van der Waals surface area contributed by atoms with Crippen molar-refractivity contribution in [3.05, 3.63) is 29.3 Å². The zero-order chi connectivity index (χ0) is 13.1. The van der Waals surface area contributed by atoms with Gasteiger partial charge in [-0.2, -0.15) is 0 Å². The molecule has 100 valence electrons. The molecule has 3 saturated carbocycles. The van der Waals surface area contributed by atoms with E-state index in [0.29, 0.717) is 11.6 Å². The maximum Gasteiger partial charge on any atom is 0.335 e. The van der Waals surface area contributed by atoms with Crippen molar-refractivity contribution in [2.75, 3.05) is 5.32 Å². The number of anilines is 1. The number of aromatic carboxylic acids is 1. The summed E-state index contributed by atoms with van der Waals surface area (Å²) in [6, 6.07) is 6.25. The Balaban J connectivity index is 1.50. The number of benzene rings is 1. The van der Waals surface area contributed by atoms with Gasteiger partial charge < -0.3 is 10.4 Å². The molecule has 0 aromatic heterocycles. The minimum absolute atomic E-state index is 0.404. The van der Waals surface area contributed by atoms with Gasteiger partial charge in [-0.1, -0.05) is 0 Å². The molecule has 0 heterocycles. The molecule has 19 heavy (non-hydrogen) atoms. The van der Waals surface area contributed by atoms with E-state index in [0.717, 1.165) is 34.9 Å². The Morgan fingerprint density at radius 1 is 1.26 bits per heavy atom. The Morgan fingerprint density at radius 2 is 1.95 bits per heavy atom. The predicted molar refractivity (Wildman–Crippen MR) is 73.4 cm³/mol. The summed E-state index contributed by atoms with van der Waals surface area (Å²) in [6.07, 6.45) is 4.33. The standard InChI is InChI=1S/C16H19NO2/c1-8-6-11(4-5-12(8)16(18)19)17-15-13-9-2-3-10(7-9)14(13)15/h4-6,9-10,13-15,17H,2-3,7H2,1H3,(H,18,19). The fourth-order valence-electron chi connectivity index (χ4n) is 4.70. The molecule has 3 heteroatoms. The number of hydrogen-bond acceptors (Lipinski definition) is 2. The van der Waals surface area contributed by atoms with Gasteiger partial charge in [0.15, 0.2) is 0 Å². The molecule has 0 aliphatic heterocycles. The fraction of sp³-hybridized carbons (Fsp3) is 0.562. The highest BCUT2D eigenvalue weighted by Crippen LogP contribution is 2.66. The van der Waals surface area contributed by atoms with Crippen molar-refractivity contribution < 1.29 is 9.90 Å². The van der Waals surface area contributed by atoms with Gasteiger partial charge in [0.05, 0.1) is 5.56 Å². The van der Waals surface area contributed by atoms with Crippen LogP contribution in [0, 0.1) is 30.6 Å². The van der Waals surface area contributed by atoms with Crippen LogP contribution in [-0.2, 0) is 0 Å². The lowest BCUT2D eigenvalue weighted by Gasteiger charge is -2.13. The number of aryl methyl sites for hydroxylation is 1. The smallest absolute Gasteiger partial charge is 0.335 e. The average molecular weight is 257 g/mol. The van der Waals surface area contributed by atoms with Crippen molar-refractivity contribution in [3.8, 4) is 0 Å². The summed E-state index contributed by atoms with van der Waals surface area (Å²) in [7, 11) is 0. The summed E-state index contributed by atoms with van der Waals surface area (Å²) in [5, 5.41) is 12.7. The third-order valence-electron chi connectivity index (χ3n) is 5.53. The number of carboxylic acid groups (broad SMARTS) is 1. The number of nitrogens with one attached hydrogen (secondary N) is 1. The van der Waals surface area contributed by atoms with Crippen molar-refractivity contribution in [1.82, 2.24) is 0 Å². The molecule has 1 aromatic carbocycles. The summed E-state index contributed by atoms with van der Waals surface area (Å²) < 4.78 is 0. The van der Waals surface area contributed by atoms with Crippen molar-refractivity contribution in [2.45, 2.75) is 32.2 Å². The van der Waals surface area contributed by atoms with E-state index in [1.54, 1.807) is 6.07 Å². The Morgan fingerprint density at radius 3 is 2.53 bits per heavy atom. The van der Waals surface area contributed by atoms with E-state index < -0.39 is 5.97 Å². The third-order valence-corrected chi connectivity index (χ3v) is 5.53. The maximum atomic E-state index is 11.0. The van der Waals surface area contributed by atoms with Gasteiger partial charge in [-0.25, -0.2) is 4.79 Å². The van der Waals surface area contributed by atoms with Crippen LogP contribution < -0.4 is 5.32 Å². The van der Waals surface area contributed by atoms with E-state index in [1.807, 2.05) is 19.1 Å². The monoisotopic (exact) mass is 257 g/mol. The van der Waals surface area contributed by atoms with Gasteiger partial charge >= 0.3 is 5.97 Å². The lowest BCUT2D eigenvalue weighted by Crippen LogP contribution is -2.13. The number of hydrogen-bond donors (Lipinski definition) is 2. The van der Waals surface area contributed by atoms with Gasteiger partial charge in [-0.3, -0.25) is 0 Å². The van der Waals surface area contributed by atoms with E-state index in [-0.39, 0.29) is 0 Å². The third kappa shape index (κ3) is 1.60. The second-order valence-corrected chi connectivity index (χ2v) is 6.49. The summed E-state index contributed by atoms with van der Waals surface area (Å²) in [6.45, 7) is 1.87. The summed E-state index contributed by atoms with van der Waals surface area (Å²) in [5.41, 5.74) is 2.33. The van der Waals surface area contributed by atoms with Crippen molar-refractivity contribution >= 4 is 11.7 Å². The molecule has 0 amide bonds. The highest BCUT2D eigenvalue weighted by Gasteiger charge is 2.64. The molecule has 4 rings (SSSR count). The van der Waals surface area contributed by atoms with Crippen LogP contribution in [-0.4, -0.2) is 17.1 Å². The van der Waals surface area contributed by atoms with E-state index >= 15 is 0 Å². The lowest BCUT2D eigenvalue weighted by molar-refractivity contribution is 0.0696. The van der Waals surface area contributed by atoms with Crippen molar-refractivity contribution in [2.24, 2.45) is 23.7 Å². The Bertz CT molecular complexity index is 538. The summed E-state index contributed by atoms with van der Waals surface area (Å²) in [5.74, 6) is 2.89. The molecule has 3 nitrogen and oxygen atoms in total. The van der Waals surface area contributed by atoms with Crippen molar-refractivity contribution in [3.63, 3.8) is 0 Å². The molecule has 3 aliphatic carbocycles. The molecule has 2 N–H and O–H groups in total. The van der Waals surface area contributed by atoms with E-state index in [2.05, 4.69) is 5.32 Å². The van der Waals surface area contributed by atoms with Crippen LogP contribution in [0.3, 0.4) is 0 Å². The number of carbonyl (C=O) groups is 1. The SMILES string of the molecule is Cc1cc(NC2C3C4CCC(C4)C23)ccc1C(=O)O. The van der Waals surface area contributed by atoms with E-state index in [9.17, 15) is 4.79 Å². The molecule has 4 unspecified atom stereocenters. The second kappa shape index (κ2) is 3.75. The minimum atomic E-state index is -0.842.